The third-order valence-corrected chi connectivity index (χ3v) is 7.08. The monoisotopic (exact) mass is 442 g/mol. The van der Waals surface area contributed by atoms with E-state index >= 15 is 0 Å². The first-order chi connectivity index (χ1) is 14.4. The maximum absolute atomic E-state index is 12.1. The molecule has 1 spiro atoms. The van der Waals surface area contributed by atoms with Crippen molar-refractivity contribution in [3.05, 3.63) is 63.7 Å². The molecule has 30 heavy (non-hydrogen) atoms. The van der Waals surface area contributed by atoms with Crippen LogP contribution in [0.4, 0.5) is 5.69 Å². The third kappa shape index (κ3) is 3.91. The Morgan fingerprint density at radius 2 is 1.80 bits per heavy atom. The van der Waals surface area contributed by atoms with Crippen molar-refractivity contribution < 1.29 is 9.59 Å². The molecule has 4 rings (SSSR count). The zero-order valence-electron chi connectivity index (χ0n) is 16.4. The van der Waals surface area contributed by atoms with Crippen molar-refractivity contribution in [3.8, 4) is 0 Å². The number of fused-ring (bicyclic) bond motifs is 1. The van der Waals surface area contributed by atoms with Gasteiger partial charge in [0.25, 0.3) is 5.91 Å². The fourth-order valence-electron chi connectivity index (χ4n) is 4.27. The quantitative estimate of drug-likeness (QED) is 0.671. The normalized spacial score (nSPS) is 18.6. The van der Waals surface area contributed by atoms with Crippen molar-refractivity contribution in [1.82, 2.24) is 0 Å². The first-order valence-electron chi connectivity index (χ1n) is 9.79. The number of anilines is 1. The van der Waals surface area contributed by atoms with E-state index in [-0.39, 0.29) is 5.41 Å². The van der Waals surface area contributed by atoms with Crippen molar-refractivity contribution in [3.63, 3.8) is 0 Å². The highest BCUT2D eigenvalue weighted by Crippen LogP contribution is 2.46. The van der Waals surface area contributed by atoms with Gasteiger partial charge in [-0.05, 0) is 66.2 Å². The topological polar surface area (TPSA) is 111 Å². The van der Waals surface area contributed by atoms with Crippen LogP contribution in [0, 0.1) is 5.41 Å². The van der Waals surface area contributed by atoms with Gasteiger partial charge in [0.2, 0.25) is 5.91 Å². The second kappa shape index (κ2) is 8.32. The van der Waals surface area contributed by atoms with Gasteiger partial charge in [-0.2, -0.15) is 11.8 Å². The number of amides is 2. The minimum atomic E-state index is -0.556. The lowest BCUT2D eigenvalue weighted by Crippen LogP contribution is -2.46. The summed E-state index contributed by atoms with van der Waals surface area (Å²) in [5.41, 5.74) is 14.1. The fraction of sp³-hybridized carbons (Fsp3) is 0.318. The second-order valence-corrected chi connectivity index (χ2v) is 9.39. The molecule has 0 aromatic heterocycles. The highest BCUT2D eigenvalue weighted by Gasteiger charge is 2.43. The average Bonchev–Trinajstić information content (AvgIpc) is 2.72. The molecule has 0 bridgehead atoms. The van der Waals surface area contributed by atoms with E-state index in [2.05, 4.69) is 5.32 Å². The predicted octanol–water partition coefficient (Wildman–Crippen LogP) is 3.62. The molecule has 2 amide bonds. The van der Waals surface area contributed by atoms with E-state index in [1.807, 2.05) is 36.0 Å². The first kappa shape index (κ1) is 20.8. The Morgan fingerprint density at radius 3 is 2.47 bits per heavy atom. The molecular weight excluding hydrogens is 420 g/mol. The lowest BCUT2D eigenvalue weighted by Gasteiger charge is -2.43. The molecule has 156 valence electrons. The maximum Gasteiger partial charge on any atom is 0.250 e. The molecule has 2 heterocycles. The van der Waals surface area contributed by atoms with Crippen LogP contribution in [0.2, 0.25) is 5.02 Å². The number of benzene rings is 2. The van der Waals surface area contributed by atoms with Crippen molar-refractivity contribution in [2.75, 3.05) is 16.8 Å². The number of aliphatic imine (C=N–C) groups is 1. The number of nitrogens with one attached hydrogen (secondary N) is 1. The van der Waals surface area contributed by atoms with Gasteiger partial charge >= 0.3 is 0 Å². The molecule has 1 fully saturated rings. The lowest BCUT2D eigenvalue weighted by molar-refractivity contribution is 0.0987. The number of hydrogen-bond donors (Lipinski definition) is 3. The van der Waals surface area contributed by atoms with Crippen LogP contribution in [-0.2, 0) is 13.0 Å². The van der Waals surface area contributed by atoms with Crippen LogP contribution >= 0.6 is 23.4 Å². The fourth-order valence-corrected chi connectivity index (χ4v) is 5.76. The molecule has 0 saturated carbocycles. The van der Waals surface area contributed by atoms with Crippen LogP contribution in [-0.4, -0.2) is 29.2 Å². The zero-order valence-corrected chi connectivity index (χ0v) is 18.0. The summed E-state index contributed by atoms with van der Waals surface area (Å²) in [7, 11) is 0. The smallest absolute Gasteiger partial charge is 0.250 e. The van der Waals surface area contributed by atoms with Gasteiger partial charge in [-0.15, -0.1) is 0 Å². The van der Waals surface area contributed by atoms with Crippen LogP contribution in [0.3, 0.4) is 0 Å². The van der Waals surface area contributed by atoms with Crippen molar-refractivity contribution in [1.29, 1.82) is 0 Å². The van der Waals surface area contributed by atoms with Gasteiger partial charge in [0.05, 0.1) is 17.8 Å². The number of hydrogen-bond acceptors (Lipinski definition) is 4. The van der Waals surface area contributed by atoms with E-state index in [9.17, 15) is 9.59 Å². The number of primary amides is 2. The molecule has 0 unspecified atom stereocenters. The van der Waals surface area contributed by atoms with Gasteiger partial charge in [0, 0.05) is 16.0 Å². The molecule has 0 atom stereocenters. The van der Waals surface area contributed by atoms with Crippen molar-refractivity contribution in [2.45, 2.75) is 25.8 Å². The SMILES string of the molecule is NC(=O)c1ccc(C(N)=O)c2c1CC1(CCSCC1)C(=NCc1cccc(Cl)c1)N2. The Hall–Kier alpha value is -2.51. The van der Waals surface area contributed by atoms with E-state index < -0.39 is 11.8 Å². The van der Waals surface area contributed by atoms with E-state index in [1.54, 1.807) is 12.1 Å². The van der Waals surface area contributed by atoms with Gasteiger partial charge < -0.3 is 16.8 Å². The largest absolute Gasteiger partial charge is 0.366 e. The zero-order chi connectivity index (χ0) is 21.3. The lowest BCUT2D eigenvalue weighted by atomic mass is 9.71. The Bertz CT molecular complexity index is 1050. The van der Waals surface area contributed by atoms with Crippen LogP contribution < -0.4 is 16.8 Å². The molecule has 2 aliphatic rings. The van der Waals surface area contributed by atoms with E-state index in [0.717, 1.165) is 41.3 Å². The highest BCUT2D eigenvalue weighted by molar-refractivity contribution is 7.99. The Labute approximate surface area is 184 Å². The first-order valence-corrected chi connectivity index (χ1v) is 11.3. The van der Waals surface area contributed by atoms with E-state index in [0.29, 0.717) is 34.8 Å². The minimum absolute atomic E-state index is 0.225. The molecule has 5 N–H and O–H groups in total. The molecule has 6 nitrogen and oxygen atoms in total. The number of carbonyl (C=O) groups is 2. The number of nitrogens with two attached hydrogens (primary N) is 2. The molecule has 1 saturated heterocycles. The van der Waals surface area contributed by atoms with E-state index in [1.165, 1.54) is 0 Å². The Morgan fingerprint density at radius 1 is 1.10 bits per heavy atom. The van der Waals surface area contributed by atoms with Crippen molar-refractivity contribution in [2.24, 2.45) is 21.9 Å². The van der Waals surface area contributed by atoms with Crippen LogP contribution in [0.5, 0.6) is 0 Å². The summed E-state index contributed by atoms with van der Waals surface area (Å²) in [5, 5.41) is 4.05. The summed E-state index contributed by atoms with van der Waals surface area (Å²) in [6.45, 7) is 0.467. The third-order valence-electron chi connectivity index (χ3n) is 5.86. The van der Waals surface area contributed by atoms with Gasteiger partial charge in [-0.1, -0.05) is 23.7 Å². The van der Waals surface area contributed by atoms with Gasteiger partial charge in [0.1, 0.15) is 5.84 Å². The second-order valence-electron chi connectivity index (χ2n) is 7.73. The number of rotatable bonds is 4. The number of thioether (sulfide) groups is 1. The van der Waals surface area contributed by atoms with Crippen molar-refractivity contribution >= 4 is 46.7 Å². The molecule has 2 aromatic carbocycles. The molecule has 0 aliphatic carbocycles. The summed E-state index contributed by atoms with van der Waals surface area (Å²) < 4.78 is 0. The Balaban J connectivity index is 1.81. The highest BCUT2D eigenvalue weighted by atomic mass is 35.5. The molecule has 0 radical (unpaired) electrons. The van der Waals surface area contributed by atoms with Gasteiger partial charge in [-0.3, -0.25) is 14.6 Å². The molecule has 2 aromatic rings. The van der Waals surface area contributed by atoms with Gasteiger partial charge in [0.15, 0.2) is 0 Å². The van der Waals surface area contributed by atoms with Gasteiger partial charge in [-0.25, -0.2) is 0 Å². The minimum Gasteiger partial charge on any atom is -0.366 e. The van der Waals surface area contributed by atoms with Crippen LogP contribution in [0.15, 0.2) is 41.4 Å². The number of amidine groups is 1. The summed E-state index contributed by atoms with van der Waals surface area (Å²) in [5.74, 6) is 1.78. The molecular formula is C22H23ClN4O2S. The predicted molar refractivity (Wildman–Crippen MR) is 122 cm³/mol. The summed E-state index contributed by atoms with van der Waals surface area (Å²) in [4.78, 5) is 29.0. The number of halogens is 1. The average molecular weight is 443 g/mol. The summed E-state index contributed by atoms with van der Waals surface area (Å²) in [6, 6.07) is 10.8. The number of carbonyl (C=O) groups excluding carboxylic acids is 2. The Kier molecular flexibility index (Phi) is 5.75. The summed E-state index contributed by atoms with van der Waals surface area (Å²) >= 11 is 8.03. The number of nitrogens with zero attached hydrogens (tertiary/aromatic N) is 1. The van der Waals surface area contributed by atoms with E-state index in [4.69, 9.17) is 28.1 Å². The maximum atomic E-state index is 12.1. The molecule has 8 heteroatoms. The van der Waals surface area contributed by atoms with Crippen LogP contribution in [0.25, 0.3) is 0 Å². The van der Waals surface area contributed by atoms with Crippen LogP contribution in [0.1, 0.15) is 44.7 Å². The molecule has 2 aliphatic heterocycles. The summed E-state index contributed by atoms with van der Waals surface area (Å²) in [6.07, 6.45) is 2.46. The standard InChI is InChI=1S/C22H23ClN4O2S/c23-14-3-1-2-13(10-14)12-26-21-22(6-8-30-9-7-22)11-17-15(19(24)28)4-5-16(20(25)29)18(17)27-21/h1-5,10H,6-9,11-12H2,(H2,24,28)(H2,25,29)(H,26,27).